The van der Waals surface area contributed by atoms with Crippen LogP contribution in [-0.2, 0) is 9.59 Å². The maximum Gasteiger partial charge on any atom is 0.243 e. The number of carbonyl (C=O) groups excluding carboxylic acids is 2. The Balaban J connectivity index is 2.02. The topological polar surface area (TPSA) is 58.2 Å². The third-order valence-electron chi connectivity index (χ3n) is 4.82. The molecule has 4 heteroatoms. The first kappa shape index (κ1) is 19.7. The number of benzene rings is 2. The number of para-hydroxylation sites is 1. The van der Waals surface area contributed by atoms with Crippen molar-refractivity contribution in [3.63, 3.8) is 0 Å². The predicted molar refractivity (Wildman–Crippen MR) is 106 cm³/mol. The summed E-state index contributed by atoms with van der Waals surface area (Å²) < 4.78 is 0. The van der Waals surface area contributed by atoms with E-state index < -0.39 is 0 Å². The number of rotatable bonds is 7. The van der Waals surface area contributed by atoms with Crippen LogP contribution in [0.5, 0.6) is 0 Å². The van der Waals surface area contributed by atoms with Gasteiger partial charge in [-0.1, -0.05) is 68.8 Å². The van der Waals surface area contributed by atoms with Crippen LogP contribution in [0.4, 0.5) is 5.69 Å². The second-order valence-electron chi connectivity index (χ2n) is 6.81. The van der Waals surface area contributed by atoms with Gasteiger partial charge in [0.2, 0.25) is 11.8 Å². The van der Waals surface area contributed by atoms with Crippen LogP contribution in [0.3, 0.4) is 0 Å². The number of hydrogen-bond donors (Lipinski definition) is 2. The molecule has 0 aromatic heterocycles. The maximum absolute atomic E-state index is 12.7. The van der Waals surface area contributed by atoms with Crippen molar-refractivity contribution in [2.24, 2.45) is 5.92 Å². The summed E-state index contributed by atoms with van der Waals surface area (Å²) >= 11 is 0. The van der Waals surface area contributed by atoms with Crippen molar-refractivity contribution >= 4 is 17.5 Å². The molecular weight excluding hydrogens is 324 g/mol. The van der Waals surface area contributed by atoms with Crippen molar-refractivity contribution in [3.05, 3.63) is 65.2 Å². The standard InChI is InChI=1S/C22H28N2O2/c1-5-15(2)20(18-12-7-6-8-13-18)22(26)23-14-19(25)24-21-16(3)10-9-11-17(21)4/h6-13,15,20H,5,14H2,1-4H3,(H,23,26)(H,24,25)/t15-,20-/m0/s1. The van der Waals surface area contributed by atoms with Gasteiger partial charge in [0, 0.05) is 5.69 Å². The number of hydrogen-bond acceptors (Lipinski definition) is 2. The first-order valence-electron chi connectivity index (χ1n) is 9.12. The van der Waals surface area contributed by atoms with Gasteiger partial charge in [0.1, 0.15) is 0 Å². The molecule has 0 fully saturated rings. The minimum absolute atomic E-state index is 0.0353. The highest BCUT2D eigenvalue weighted by Gasteiger charge is 2.26. The van der Waals surface area contributed by atoms with Crippen LogP contribution in [-0.4, -0.2) is 18.4 Å². The van der Waals surface area contributed by atoms with Gasteiger partial charge >= 0.3 is 0 Å². The first-order valence-corrected chi connectivity index (χ1v) is 9.12. The minimum atomic E-state index is -0.255. The lowest BCUT2D eigenvalue weighted by atomic mass is 9.85. The van der Waals surface area contributed by atoms with Gasteiger partial charge in [-0.25, -0.2) is 0 Å². The lowest BCUT2D eigenvalue weighted by molar-refractivity contribution is -0.126. The Kier molecular flexibility index (Phi) is 6.96. The highest BCUT2D eigenvalue weighted by molar-refractivity contribution is 5.96. The molecule has 0 bridgehead atoms. The van der Waals surface area contributed by atoms with Gasteiger partial charge in [0.05, 0.1) is 12.5 Å². The lowest BCUT2D eigenvalue weighted by Crippen LogP contribution is -2.38. The summed E-state index contributed by atoms with van der Waals surface area (Å²) in [6.07, 6.45) is 0.890. The summed E-state index contributed by atoms with van der Waals surface area (Å²) in [6.45, 7) is 8.01. The first-order chi connectivity index (χ1) is 12.4. The quantitative estimate of drug-likeness (QED) is 0.785. The van der Waals surface area contributed by atoms with Crippen LogP contribution in [0.2, 0.25) is 0 Å². The number of carbonyl (C=O) groups is 2. The smallest absolute Gasteiger partial charge is 0.243 e. The predicted octanol–water partition coefficient (Wildman–Crippen LogP) is 4.19. The SMILES string of the molecule is CC[C@H](C)[C@H](C(=O)NCC(=O)Nc1c(C)cccc1C)c1ccccc1. The van der Waals surface area contributed by atoms with Gasteiger partial charge in [-0.05, 0) is 36.5 Å². The zero-order valence-electron chi connectivity index (χ0n) is 16.0. The molecule has 0 aliphatic carbocycles. The van der Waals surface area contributed by atoms with E-state index in [2.05, 4.69) is 24.5 Å². The summed E-state index contributed by atoms with van der Waals surface area (Å²) in [7, 11) is 0. The lowest BCUT2D eigenvalue weighted by Gasteiger charge is -2.22. The zero-order valence-corrected chi connectivity index (χ0v) is 16.0. The van der Waals surface area contributed by atoms with Crippen molar-refractivity contribution in [2.75, 3.05) is 11.9 Å². The molecule has 0 aliphatic heterocycles. The van der Waals surface area contributed by atoms with Crippen molar-refractivity contribution in [2.45, 2.75) is 40.0 Å². The Morgan fingerprint density at radius 1 is 0.962 bits per heavy atom. The van der Waals surface area contributed by atoms with E-state index in [9.17, 15) is 9.59 Å². The number of aryl methyl sites for hydroxylation is 2. The van der Waals surface area contributed by atoms with Gasteiger partial charge in [-0.15, -0.1) is 0 Å². The van der Waals surface area contributed by atoms with E-state index in [1.807, 2.05) is 62.4 Å². The van der Waals surface area contributed by atoms with Gasteiger partial charge in [0.25, 0.3) is 0 Å². The van der Waals surface area contributed by atoms with Crippen LogP contribution in [0.15, 0.2) is 48.5 Å². The molecule has 4 nitrogen and oxygen atoms in total. The second-order valence-corrected chi connectivity index (χ2v) is 6.81. The van der Waals surface area contributed by atoms with Crippen LogP contribution in [0.1, 0.15) is 42.9 Å². The second kappa shape index (κ2) is 9.18. The normalized spacial score (nSPS) is 12.9. The highest BCUT2D eigenvalue weighted by atomic mass is 16.2. The largest absolute Gasteiger partial charge is 0.346 e. The van der Waals surface area contributed by atoms with Crippen LogP contribution in [0.25, 0.3) is 0 Å². The molecule has 0 spiro atoms. The molecule has 2 atom stereocenters. The fourth-order valence-electron chi connectivity index (χ4n) is 3.11. The van der Waals surface area contributed by atoms with Gasteiger partial charge in [-0.3, -0.25) is 9.59 Å². The van der Waals surface area contributed by atoms with Gasteiger partial charge in [-0.2, -0.15) is 0 Å². The Labute approximate surface area is 156 Å². The zero-order chi connectivity index (χ0) is 19.1. The Hall–Kier alpha value is -2.62. The number of amides is 2. The van der Waals surface area contributed by atoms with E-state index in [1.54, 1.807) is 0 Å². The third-order valence-corrected chi connectivity index (χ3v) is 4.82. The summed E-state index contributed by atoms with van der Waals surface area (Å²) in [5.41, 5.74) is 3.81. The molecule has 2 aromatic carbocycles. The molecule has 2 amide bonds. The van der Waals surface area contributed by atoms with E-state index in [-0.39, 0.29) is 30.2 Å². The fraction of sp³-hybridized carbons (Fsp3) is 0.364. The average molecular weight is 352 g/mol. The molecule has 0 saturated carbocycles. The molecule has 0 aliphatic rings. The summed E-state index contributed by atoms with van der Waals surface area (Å²) in [6, 6.07) is 15.6. The van der Waals surface area contributed by atoms with Crippen molar-refractivity contribution in [1.82, 2.24) is 5.32 Å². The molecule has 0 radical (unpaired) electrons. The Morgan fingerprint density at radius 3 is 2.15 bits per heavy atom. The molecule has 0 unspecified atom stereocenters. The van der Waals surface area contributed by atoms with E-state index in [1.165, 1.54) is 0 Å². The van der Waals surface area contributed by atoms with Crippen molar-refractivity contribution in [3.8, 4) is 0 Å². The molecule has 0 heterocycles. The summed E-state index contributed by atoms with van der Waals surface area (Å²) in [4.78, 5) is 25.0. The minimum Gasteiger partial charge on any atom is -0.346 e. The number of anilines is 1. The monoisotopic (exact) mass is 352 g/mol. The molecule has 2 rings (SSSR count). The van der Waals surface area contributed by atoms with Gasteiger partial charge in [0.15, 0.2) is 0 Å². The highest BCUT2D eigenvalue weighted by Crippen LogP contribution is 2.27. The van der Waals surface area contributed by atoms with E-state index in [0.29, 0.717) is 0 Å². The Morgan fingerprint density at radius 2 is 1.58 bits per heavy atom. The number of nitrogens with one attached hydrogen (secondary N) is 2. The van der Waals surface area contributed by atoms with E-state index in [4.69, 9.17) is 0 Å². The third kappa shape index (κ3) is 4.94. The molecule has 0 saturated heterocycles. The average Bonchev–Trinajstić information content (AvgIpc) is 2.64. The van der Waals surface area contributed by atoms with Crippen LogP contribution >= 0.6 is 0 Å². The molecular formula is C22H28N2O2. The molecule has 138 valence electrons. The van der Waals surface area contributed by atoms with Crippen LogP contribution in [0, 0.1) is 19.8 Å². The molecule has 26 heavy (non-hydrogen) atoms. The summed E-state index contributed by atoms with van der Waals surface area (Å²) in [5.74, 6) is -0.387. The fourth-order valence-corrected chi connectivity index (χ4v) is 3.11. The molecule has 2 aromatic rings. The van der Waals surface area contributed by atoms with Gasteiger partial charge < -0.3 is 10.6 Å². The van der Waals surface area contributed by atoms with E-state index in [0.717, 1.165) is 28.8 Å². The Bertz CT molecular complexity index is 736. The van der Waals surface area contributed by atoms with Crippen LogP contribution < -0.4 is 10.6 Å². The summed E-state index contributed by atoms with van der Waals surface area (Å²) in [5, 5.41) is 5.71. The molecule has 2 N–H and O–H groups in total. The van der Waals surface area contributed by atoms with Crippen molar-refractivity contribution < 1.29 is 9.59 Å². The van der Waals surface area contributed by atoms with E-state index >= 15 is 0 Å². The maximum atomic E-state index is 12.7. The van der Waals surface area contributed by atoms with Crippen molar-refractivity contribution in [1.29, 1.82) is 0 Å².